The topological polar surface area (TPSA) is 113 Å². The van der Waals surface area contributed by atoms with E-state index in [1.807, 2.05) is 32.0 Å². The molecule has 12 heteroatoms. The molecule has 0 spiro atoms. The zero-order valence-corrected chi connectivity index (χ0v) is 24.6. The van der Waals surface area contributed by atoms with Gasteiger partial charge in [-0.2, -0.15) is 0 Å². The van der Waals surface area contributed by atoms with E-state index in [9.17, 15) is 21.6 Å². The summed E-state index contributed by atoms with van der Waals surface area (Å²) in [5.74, 6) is -1.12. The van der Waals surface area contributed by atoms with E-state index in [4.69, 9.17) is 23.2 Å². The van der Waals surface area contributed by atoms with E-state index < -0.39 is 26.0 Å². The highest BCUT2D eigenvalue weighted by Gasteiger charge is 2.32. The number of halogens is 2. The van der Waals surface area contributed by atoms with Crippen LogP contribution in [0.5, 0.6) is 0 Å². The van der Waals surface area contributed by atoms with E-state index in [0.717, 1.165) is 11.1 Å². The molecule has 1 fully saturated rings. The Bertz CT molecular complexity index is 1570. The third-order valence-corrected chi connectivity index (χ3v) is 10.6. The van der Waals surface area contributed by atoms with Crippen LogP contribution in [-0.2, 0) is 30.6 Å². The molecule has 8 nitrogen and oxygen atoms in total. The molecule has 1 aliphatic heterocycles. The van der Waals surface area contributed by atoms with Crippen LogP contribution in [0.25, 0.3) is 0 Å². The van der Waals surface area contributed by atoms with Gasteiger partial charge in [-0.15, -0.1) is 0 Å². The molecule has 1 saturated heterocycles. The van der Waals surface area contributed by atoms with Gasteiger partial charge in [0.15, 0.2) is 0 Å². The van der Waals surface area contributed by atoms with Crippen molar-refractivity contribution < 1.29 is 21.6 Å². The molecule has 1 unspecified atom stereocenters. The first-order valence-corrected chi connectivity index (χ1v) is 16.1. The fraction of sp³-hybridized carbons (Fsp3) is 0.296. The lowest BCUT2D eigenvalue weighted by molar-refractivity contribution is -0.120. The number of anilines is 2. The number of sulfonamides is 2. The number of hydrogen-bond acceptors (Lipinski definition) is 5. The first kappa shape index (κ1) is 29.4. The summed E-state index contributed by atoms with van der Waals surface area (Å²) in [6.07, 6.45) is 1.08. The highest BCUT2D eigenvalue weighted by Crippen LogP contribution is 2.27. The number of amides is 1. The van der Waals surface area contributed by atoms with Crippen LogP contribution >= 0.6 is 23.2 Å². The second kappa shape index (κ2) is 11.9. The maximum atomic E-state index is 13.0. The quantitative estimate of drug-likeness (QED) is 0.345. The van der Waals surface area contributed by atoms with Gasteiger partial charge in [0.05, 0.1) is 32.3 Å². The molecule has 208 valence electrons. The van der Waals surface area contributed by atoms with E-state index in [0.29, 0.717) is 41.3 Å². The summed E-state index contributed by atoms with van der Waals surface area (Å²) < 4.78 is 55.9. The van der Waals surface area contributed by atoms with Crippen LogP contribution < -0.4 is 10.0 Å². The molecular formula is C27H29Cl2N3O5S2. The molecule has 3 aromatic carbocycles. The predicted molar refractivity (Wildman–Crippen MR) is 155 cm³/mol. The van der Waals surface area contributed by atoms with Crippen LogP contribution in [0.2, 0.25) is 10.0 Å². The summed E-state index contributed by atoms with van der Waals surface area (Å²) in [5, 5.41) is 3.41. The number of carbonyl (C=O) groups is 1. The Hall–Kier alpha value is -2.63. The molecule has 0 aliphatic carbocycles. The summed E-state index contributed by atoms with van der Waals surface area (Å²) >= 11 is 12.0. The number of carbonyl (C=O) groups excluding carboxylic acids is 1. The zero-order chi connectivity index (χ0) is 28.4. The number of rotatable bonds is 8. The maximum absolute atomic E-state index is 13.0. The van der Waals surface area contributed by atoms with Gasteiger partial charge in [0.1, 0.15) is 0 Å². The summed E-state index contributed by atoms with van der Waals surface area (Å²) in [4.78, 5) is 13.0. The van der Waals surface area contributed by atoms with Crippen LogP contribution in [0.15, 0.2) is 65.6 Å². The number of hydrogen-bond donors (Lipinski definition) is 2. The van der Waals surface area contributed by atoms with Crippen molar-refractivity contribution in [2.45, 2.75) is 37.3 Å². The van der Waals surface area contributed by atoms with Gasteiger partial charge in [-0.05, 0) is 79.8 Å². The van der Waals surface area contributed by atoms with Gasteiger partial charge in [-0.3, -0.25) is 9.52 Å². The Morgan fingerprint density at radius 1 is 0.949 bits per heavy atom. The zero-order valence-electron chi connectivity index (χ0n) is 21.4. The van der Waals surface area contributed by atoms with Crippen molar-refractivity contribution in [3.8, 4) is 0 Å². The molecule has 0 radical (unpaired) electrons. The van der Waals surface area contributed by atoms with Gasteiger partial charge in [0.2, 0.25) is 15.9 Å². The second-order valence-corrected chi connectivity index (χ2v) is 14.1. The average molecular weight is 611 g/mol. The number of benzene rings is 3. The van der Waals surface area contributed by atoms with Crippen LogP contribution in [0.4, 0.5) is 11.4 Å². The molecule has 0 aromatic heterocycles. The maximum Gasteiger partial charge on any atom is 0.261 e. The molecule has 4 rings (SSSR count). The Morgan fingerprint density at radius 2 is 1.62 bits per heavy atom. The minimum atomic E-state index is -3.83. The Balaban J connectivity index is 1.40. The van der Waals surface area contributed by atoms with Crippen molar-refractivity contribution in [2.24, 2.45) is 5.92 Å². The SMILES string of the molecule is Cc1cccc(C)c1NS(=O)(=O)c1ccc(NC(=O)C2CCCN(S(=O)(=O)Cc3ccc(Cl)c(Cl)c3)C2)cc1. The lowest BCUT2D eigenvalue weighted by Crippen LogP contribution is -2.44. The van der Waals surface area contributed by atoms with Gasteiger partial charge in [-0.25, -0.2) is 21.1 Å². The molecular weight excluding hydrogens is 581 g/mol. The standard InChI is InChI=1S/C27H29Cl2N3O5S2/c1-18-5-3-6-19(2)26(18)31-39(36,37)23-11-9-22(10-12-23)30-27(33)21-7-4-14-32(16-21)38(34,35)17-20-8-13-24(28)25(29)15-20/h3,5-6,8-13,15,21,31H,4,7,14,16-17H2,1-2H3,(H,30,33). The minimum absolute atomic E-state index is 0.0559. The number of nitrogens with one attached hydrogen (secondary N) is 2. The molecule has 2 N–H and O–H groups in total. The largest absolute Gasteiger partial charge is 0.326 e. The lowest BCUT2D eigenvalue weighted by atomic mass is 9.99. The number of para-hydroxylation sites is 1. The van der Waals surface area contributed by atoms with Crippen molar-refractivity contribution in [3.63, 3.8) is 0 Å². The minimum Gasteiger partial charge on any atom is -0.326 e. The molecule has 1 heterocycles. The Kier molecular flexibility index (Phi) is 8.92. The normalized spacial score (nSPS) is 16.6. The summed E-state index contributed by atoms with van der Waals surface area (Å²) in [5.41, 5.74) is 3.08. The third kappa shape index (κ3) is 7.12. The van der Waals surface area contributed by atoms with Crippen molar-refractivity contribution in [3.05, 3.63) is 87.4 Å². The lowest BCUT2D eigenvalue weighted by Gasteiger charge is -2.31. The third-order valence-electron chi connectivity index (χ3n) is 6.63. The Morgan fingerprint density at radius 3 is 2.26 bits per heavy atom. The number of piperidine rings is 1. The predicted octanol–water partition coefficient (Wildman–Crippen LogP) is 5.59. The monoisotopic (exact) mass is 609 g/mol. The number of aryl methyl sites for hydroxylation is 2. The van der Waals surface area contributed by atoms with E-state index in [1.54, 1.807) is 12.1 Å². The molecule has 0 bridgehead atoms. The summed E-state index contributed by atoms with van der Waals surface area (Å²) in [6.45, 7) is 4.04. The molecule has 1 amide bonds. The van der Waals surface area contributed by atoms with Gasteiger partial charge in [0.25, 0.3) is 10.0 Å². The summed E-state index contributed by atoms with van der Waals surface area (Å²) in [7, 11) is -7.51. The molecule has 3 aromatic rings. The van der Waals surface area contributed by atoms with Crippen LogP contribution in [0.1, 0.15) is 29.5 Å². The van der Waals surface area contributed by atoms with Crippen molar-refractivity contribution in [2.75, 3.05) is 23.1 Å². The van der Waals surface area contributed by atoms with Crippen molar-refractivity contribution >= 4 is 60.5 Å². The van der Waals surface area contributed by atoms with Gasteiger partial charge >= 0.3 is 0 Å². The number of nitrogens with zero attached hydrogens (tertiary/aromatic N) is 1. The van der Waals surface area contributed by atoms with E-state index in [1.165, 1.54) is 34.6 Å². The van der Waals surface area contributed by atoms with Crippen LogP contribution in [-0.4, -0.2) is 40.1 Å². The highest BCUT2D eigenvalue weighted by molar-refractivity contribution is 7.92. The first-order valence-electron chi connectivity index (χ1n) is 12.3. The fourth-order valence-corrected chi connectivity index (χ4v) is 7.59. The van der Waals surface area contributed by atoms with E-state index in [-0.39, 0.29) is 28.1 Å². The fourth-order valence-electron chi connectivity index (χ4n) is 4.47. The van der Waals surface area contributed by atoms with Crippen molar-refractivity contribution in [1.82, 2.24) is 4.31 Å². The van der Waals surface area contributed by atoms with Crippen LogP contribution in [0.3, 0.4) is 0 Å². The first-order chi connectivity index (χ1) is 18.4. The van der Waals surface area contributed by atoms with Crippen molar-refractivity contribution in [1.29, 1.82) is 0 Å². The summed E-state index contributed by atoms with van der Waals surface area (Å²) in [6, 6.07) is 16.1. The second-order valence-electron chi connectivity index (χ2n) is 9.59. The molecule has 1 aliphatic rings. The van der Waals surface area contributed by atoms with Gasteiger partial charge in [-0.1, -0.05) is 47.5 Å². The van der Waals surface area contributed by atoms with Crippen LogP contribution in [0, 0.1) is 19.8 Å². The van der Waals surface area contributed by atoms with Gasteiger partial charge in [0, 0.05) is 18.8 Å². The Labute approximate surface area is 239 Å². The van der Waals surface area contributed by atoms with E-state index in [2.05, 4.69) is 10.0 Å². The molecule has 39 heavy (non-hydrogen) atoms. The highest BCUT2D eigenvalue weighted by atomic mass is 35.5. The van der Waals surface area contributed by atoms with E-state index >= 15 is 0 Å². The molecule has 0 saturated carbocycles. The average Bonchev–Trinajstić information content (AvgIpc) is 2.89. The molecule has 1 atom stereocenters. The smallest absolute Gasteiger partial charge is 0.261 e. The van der Waals surface area contributed by atoms with Gasteiger partial charge < -0.3 is 5.32 Å².